The van der Waals surface area contributed by atoms with Gasteiger partial charge in [-0.05, 0) is 56.9 Å². The van der Waals surface area contributed by atoms with Gasteiger partial charge in [0, 0.05) is 31.9 Å². The fourth-order valence-corrected chi connectivity index (χ4v) is 3.81. The van der Waals surface area contributed by atoms with Crippen LogP contribution < -0.4 is 10.2 Å². The second-order valence-electron chi connectivity index (χ2n) is 8.98. The molecule has 0 spiro atoms. The molecule has 6 heteroatoms. The van der Waals surface area contributed by atoms with Crippen molar-refractivity contribution in [3.8, 4) is 0 Å². The fourth-order valence-electron chi connectivity index (χ4n) is 3.81. The molecule has 2 aromatic rings. The molecule has 1 aliphatic rings. The second kappa shape index (κ2) is 10.3. The number of nitrogens with zero attached hydrogens (tertiary/aromatic N) is 2. The summed E-state index contributed by atoms with van der Waals surface area (Å²) < 4.78 is 5.26. The zero-order chi connectivity index (χ0) is 22.3. The number of piperazine rings is 1. The number of amides is 2. The van der Waals surface area contributed by atoms with Crippen LogP contribution in [-0.2, 0) is 22.4 Å². The number of hydrogen-bond acceptors (Lipinski definition) is 4. The Bertz CT molecular complexity index is 847. The third-order valence-corrected chi connectivity index (χ3v) is 5.36. The molecule has 0 radical (unpaired) electrons. The Kier molecular flexibility index (Phi) is 7.55. The molecule has 1 heterocycles. The van der Waals surface area contributed by atoms with Crippen molar-refractivity contribution in [2.75, 3.05) is 31.1 Å². The van der Waals surface area contributed by atoms with Gasteiger partial charge in [0.25, 0.3) is 0 Å². The topological polar surface area (TPSA) is 61.9 Å². The van der Waals surface area contributed by atoms with Crippen LogP contribution in [-0.4, -0.2) is 55.2 Å². The SMILES string of the molecule is CC(C)(C)OC(=O)NCCc1ccc(N2CCN(C=O)C(Cc3ccccc3)C2)cc1. The van der Waals surface area contributed by atoms with E-state index in [0.717, 1.165) is 50.1 Å². The third kappa shape index (κ3) is 7.02. The molecule has 1 atom stereocenters. The highest BCUT2D eigenvalue weighted by Crippen LogP contribution is 2.21. The van der Waals surface area contributed by atoms with E-state index in [0.29, 0.717) is 6.54 Å². The normalized spacial score (nSPS) is 16.7. The molecule has 1 aliphatic heterocycles. The smallest absolute Gasteiger partial charge is 0.407 e. The molecule has 31 heavy (non-hydrogen) atoms. The van der Waals surface area contributed by atoms with Crippen molar-refractivity contribution in [1.29, 1.82) is 0 Å². The number of rotatable bonds is 7. The van der Waals surface area contributed by atoms with Crippen LogP contribution >= 0.6 is 0 Å². The summed E-state index contributed by atoms with van der Waals surface area (Å²) in [5.74, 6) is 0. The quantitative estimate of drug-likeness (QED) is 0.691. The molecular formula is C25H33N3O3. The summed E-state index contributed by atoms with van der Waals surface area (Å²) in [5.41, 5.74) is 3.08. The number of benzene rings is 2. The van der Waals surface area contributed by atoms with E-state index in [-0.39, 0.29) is 12.1 Å². The molecule has 1 fully saturated rings. The number of nitrogens with one attached hydrogen (secondary N) is 1. The molecule has 0 aliphatic carbocycles. The van der Waals surface area contributed by atoms with Crippen molar-refractivity contribution in [3.05, 3.63) is 65.7 Å². The molecule has 6 nitrogen and oxygen atoms in total. The van der Waals surface area contributed by atoms with Gasteiger partial charge in [0.05, 0.1) is 6.04 Å². The van der Waals surface area contributed by atoms with E-state index in [1.54, 1.807) is 0 Å². The second-order valence-corrected chi connectivity index (χ2v) is 8.98. The van der Waals surface area contributed by atoms with E-state index in [1.807, 2.05) is 43.9 Å². The largest absolute Gasteiger partial charge is 0.444 e. The van der Waals surface area contributed by atoms with E-state index in [1.165, 1.54) is 5.56 Å². The molecule has 0 bridgehead atoms. The van der Waals surface area contributed by atoms with E-state index in [4.69, 9.17) is 4.74 Å². The highest BCUT2D eigenvalue weighted by Gasteiger charge is 2.26. The van der Waals surface area contributed by atoms with Crippen LogP contribution in [0, 0.1) is 0 Å². The molecule has 1 N–H and O–H groups in total. The van der Waals surface area contributed by atoms with Gasteiger partial charge in [0.2, 0.25) is 6.41 Å². The number of alkyl carbamates (subject to hydrolysis) is 1. The Labute approximate surface area is 185 Å². The van der Waals surface area contributed by atoms with Gasteiger partial charge in [-0.3, -0.25) is 4.79 Å². The molecule has 2 aromatic carbocycles. The summed E-state index contributed by atoms with van der Waals surface area (Å²) in [5, 5.41) is 2.80. The number of anilines is 1. The standard InChI is InChI=1S/C25H33N3O3/c1-25(2,3)31-24(30)26-14-13-20-9-11-22(12-10-20)27-15-16-28(19-29)23(18-27)17-21-7-5-4-6-8-21/h4-12,19,23H,13-18H2,1-3H3,(H,26,30). The van der Waals surface area contributed by atoms with Crippen LogP contribution in [0.15, 0.2) is 54.6 Å². The van der Waals surface area contributed by atoms with E-state index in [9.17, 15) is 9.59 Å². The van der Waals surface area contributed by atoms with Crippen molar-refractivity contribution in [1.82, 2.24) is 10.2 Å². The Morgan fingerprint density at radius 1 is 1.06 bits per heavy atom. The summed E-state index contributed by atoms with van der Waals surface area (Å²) in [6.07, 6.45) is 2.19. The van der Waals surface area contributed by atoms with Crippen molar-refractivity contribution in [3.63, 3.8) is 0 Å². The van der Waals surface area contributed by atoms with Gasteiger partial charge >= 0.3 is 6.09 Å². The Balaban J connectivity index is 1.54. The summed E-state index contributed by atoms with van der Waals surface area (Å²) >= 11 is 0. The minimum absolute atomic E-state index is 0.159. The number of carbonyl (C=O) groups excluding carboxylic acids is 2. The van der Waals surface area contributed by atoms with Crippen molar-refractivity contribution in [2.45, 2.75) is 45.3 Å². The zero-order valence-electron chi connectivity index (χ0n) is 18.7. The first-order valence-electron chi connectivity index (χ1n) is 10.9. The summed E-state index contributed by atoms with van der Waals surface area (Å²) in [7, 11) is 0. The number of carbonyl (C=O) groups is 2. The van der Waals surface area contributed by atoms with Gasteiger partial charge in [-0.2, -0.15) is 0 Å². The van der Waals surface area contributed by atoms with Gasteiger partial charge in [-0.1, -0.05) is 42.5 Å². The van der Waals surface area contributed by atoms with Crippen molar-refractivity contribution < 1.29 is 14.3 Å². The van der Waals surface area contributed by atoms with Crippen LogP contribution in [0.4, 0.5) is 10.5 Å². The summed E-state index contributed by atoms with van der Waals surface area (Å²) in [4.78, 5) is 27.6. The maximum atomic E-state index is 11.8. The molecule has 3 rings (SSSR count). The van der Waals surface area contributed by atoms with Gasteiger partial charge < -0.3 is 19.9 Å². The molecule has 166 valence electrons. The Morgan fingerprint density at radius 2 is 1.77 bits per heavy atom. The van der Waals surface area contributed by atoms with Gasteiger partial charge in [0.15, 0.2) is 0 Å². The van der Waals surface area contributed by atoms with Crippen LogP contribution in [0.2, 0.25) is 0 Å². The molecule has 0 aromatic heterocycles. The van der Waals surface area contributed by atoms with Crippen molar-refractivity contribution >= 4 is 18.2 Å². The minimum atomic E-state index is -0.488. The lowest BCUT2D eigenvalue weighted by molar-refractivity contribution is -0.120. The lowest BCUT2D eigenvalue weighted by Crippen LogP contribution is -2.53. The minimum Gasteiger partial charge on any atom is -0.444 e. The predicted octanol–water partition coefficient (Wildman–Crippen LogP) is 3.64. The van der Waals surface area contributed by atoms with Crippen LogP contribution in [0.3, 0.4) is 0 Å². The Morgan fingerprint density at radius 3 is 2.42 bits per heavy atom. The first-order chi connectivity index (χ1) is 14.8. The highest BCUT2D eigenvalue weighted by molar-refractivity contribution is 5.67. The molecule has 1 saturated heterocycles. The lowest BCUT2D eigenvalue weighted by atomic mass is 10.0. The highest BCUT2D eigenvalue weighted by atomic mass is 16.6. The summed E-state index contributed by atoms with van der Waals surface area (Å²) in [6.45, 7) is 8.45. The number of ether oxygens (including phenoxy) is 1. The monoisotopic (exact) mass is 423 g/mol. The average Bonchev–Trinajstić information content (AvgIpc) is 2.74. The average molecular weight is 424 g/mol. The predicted molar refractivity (Wildman–Crippen MR) is 123 cm³/mol. The first kappa shape index (κ1) is 22.7. The third-order valence-electron chi connectivity index (χ3n) is 5.36. The first-order valence-corrected chi connectivity index (χ1v) is 10.9. The summed E-state index contributed by atoms with van der Waals surface area (Å²) in [6, 6.07) is 18.9. The van der Waals surface area contributed by atoms with Crippen LogP contribution in [0.5, 0.6) is 0 Å². The van der Waals surface area contributed by atoms with E-state index < -0.39 is 5.60 Å². The van der Waals surface area contributed by atoms with Crippen LogP contribution in [0.25, 0.3) is 0 Å². The lowest BCUT2D eigenvalue weighted by Gasteiger charge is -2.41. The zero-order valence-corrected chi connectivity index (χ0v) is 18.7. The van der Waals surface area contributed by atoms with Gasteiger partial charge in [-0.15, -0.1) is 0 Å². The van der Waals surface area contributed by atoms with Crippen LogP contribution in [0.1, 0.15) is 31.9 Å². The van der Waals surface area contributed by atoms with Gasteiger partial charge in [-0.25, -0.2) is 4.79 Å². The van der Waals surface area contributed by atoms with E-state index >= 15 is 0 Å². The molecular weight excluding hydrogens is 390 g/mol. The maximum absolute atomic E-state index is 11.8. The maximum Gasteiger partial charge on any atom is 0.407 e. The van der Waals surface area contributed by atoms with Crippen molar-refractivity contribution in [2.24, 2.45) is 0 Å². The van der Waals surface area contributed by atoms with Gasteiger partial charge in [0.1, 0.15) is 5.60 Å². The Hall–Kier alpha value is -3.02. The molecule has 1 unspecified atom stereocenters. The number of hydrogen-bond donors (Lipinski definition) is 1. The fraction of sp³-hybridized carbons (Fsp3) is 0.440. The molecule has 0 saturated carbocycles. The molecule has 2 amide bonds. The van der Waals surface area contributed by atoms with E-state index in [2.05, 4.69) is 46.6 Å².